The molecule has 3 aromatic rings. The molecule has 2 aromatic heterocycles. The molecule has 0 saturated carbocycles. The van der Waals surface area contributed by atoms with Crippen molar-refractivity contribution in [2.45, 2.75) is 39.5 Å². The Morgan fingerprint density at radius 3 is 2.74 bits per heavy atom. The predicted octanol–water partition coefficient (Wildman–Crippen LogP) is 4.59. The number of hydrogen-bond acceptors (Lipinski definition) is 4. The maximum absolute atomic E-state index is 8.06. The van der Waals surface area contributed by atoms with Gasteiger partial charge in [-0.25, -0.2) is 4.99 Å². The van der Waals surface area contributed by atoms with Crippen molar-refractivity contribution in [3.05, 3.63) is 40.7 Å². The van der Waals surface area contributed by atoms with Crippen molar-refractivity contribution >= 4 is 40.1 Å². The molecule has 0 radical (unpaired) electrons. The molecular weight excluding hydrogens is 364 g/mol. The topological polar surface area (TPSA) is 116 Å². The number of aromatic amines is 2. The van der Waals surface area contributed by atoms with Crippen molar-refractivity contribution in [1.29, 1.82) is 5.41 Å². The molecule has 0 amide bonds. The molecule has 8 heteroatoms. The molecule has 3 rings (SSSR count). The van der Waals surface area contributed by atoms with Gasteiger partial charge in [-0.3, -0.25) is 10.5 Å². The number of H-pyrrole nitrogens is 2. The zero-order chi connectivity index (χ0) is 19.8. The van der Waals surface area contributed by atoms with Gasteiger partial charge in [-0.15, -0.1) is 0 Å². The fourth-order valence-electron chi connectivity index (χ4n) is 2.64. The van der Waals surface area contributed by atoms with E-state index >= 15 is 0 Å². The minimum atomic E-state index is -0.0582. The first-order valence-corrected chi connectivity index (χ1v) is 8.93. The van der Waals surface area contributed by atoms with Crippen molar-refractivity contribution in [1.82, 2.24) is 15.2 Å². The molecule has 0 spiro atoms. The second-order valence-electron chi connectivity index (χ2n) is 7.49. The van der Waals surface area contributed by atoms with Gasteiger partial charge in [-0.05, 0) is 25.1 Å². The van der Waals surface area contributed by atoms with Gasteiger partial charge < -0.3 is 15.5 Å². The predicted molar refractivity (Wildman–Crippen MR) is 110 cm³/mol. The first kappa shape index (κ1) is 19.0. The van der Waals surface area contributed by atoms with Gasteiger partial charge in [0.2, 0.25) is 0 Å². The number of benzene rings is 1. The average molecular weight is 387 g/mol. The molecule has 142 valence electrons. The number of aryl methyl sites for hydroxylation is 1. The van der Waals surface area contributed by atoms with Crippen LogP contribution in [-0.4, -0.2) is 26.9 Å². The molecule has 7 nitrogen and oxygen atoms in total. The summed E-state index contributed by atoms with van der Waals surface area (Å²) in [4.78, 5) is 7.45. The van der Waals surface area contributed by atoms with Crippen molar-refractivity contribution < 1.29 is 4.74 Å². The van der Waals surface area contributed by atoms with E-state index in [4.69, 9.17) is 27.5 Å². The molecule has 0 saturated heterocycles. The van der Waals surface area contributed by atoms with Crippen LogP contribution in [0.3, 0.4) is 0 Å². The van der Waals surface area contributed by atoms with E-state index in [0.717, 1.165) is 22.3 Å². The Balaban J connectivity index is 1.70. The summed E-state index contributed by atoms with van der Waals surface area (Å²) in [6, 6.07) is 7.38. The van der Waals surface area contributed by atoms with Crippen LogP contribution < -0.4 is 10.5 Å². The van der Waals surface area contributed by atoms with E-state index < -0.39 is 0 Å². The van der Waals surface area contributed by atoms with E-state index in [9.17, 15) is 0 Å². The number of nitrogens with one attached hydrogen (secondary N) is 3. The molecule has 2 heterocycles. The maximum atomic E-state index is 8.06. The van der Waals surface area contributed by atoms with Gasteiger partial charge in [0, 0.05) is 33.8 Å². The molecular formula is C19H23ClN6O. The summed E-state index contributed by atoms with van der Waals surface area (Å²) in [5.74, 6) is 1.08. The largest absolute Gasteiger partial charge is 0.442 e. The van der Waals surface area contributed by atoms with Crippen LogP contribution >= 0.6 is 11.6 Å². The number of aromatic nitrogens is 3. The lowest BCUT2D eigenvalue weighted by atomic mass is 9.92. The van der Waals surface area contributed by atoms with Crippen molar-refractivity contribution in [3.63, 3.8) is 0 Å². The molecule has 0 aliphatic rings. The highest BCUT2D eigenvalue weighted by molar-refractivity contribution is 6.37. The Labute approximate surface area is 162 Å². The molecule has 0 aliphatic heterocycles. The SMILES string of the molecule is Cc1cc2c(Cl)c(OC(=N)CC(N)=Nc3cc(C(C)(C)C)[nH]n3)ccc2[nH]1. The normalized spacial score (nSPS) is 12.6. The molecule has 1 aromatic carbocycles. The molecule has 0 bridgehead atoms. The highest BCUT2D eigenvalue weighted by Gasteiger charge is 2.17. The lowest BCUT2D eigenvalue weighted by Gasteiger charge is -2.14. The third-order valence-electron chi connectivity index (χ3n) is 4.04. The number of hydrogen-bond donors (Lipinski definition) is 4. The summed E-state index contributed by atoms with van der Waals surface area (Å²) in [5.41, 5.74) is 8.78. The van der Waals surface area contributed by atoms with Crippen molar-refractivity contribution in [2.75, 3.05) is 0 Å². The minimum absolute atomic E-state index is 0.0451. The van der Waals surface area contributed by atoms with E-state index in [1.54, 1.807) is 6.07 Å². The number of rotatable bonds is 4. The molecule has 5 N–H and O–H groups in total. The molecule has 27 heavy (non-hydrogen) atoms. The van der Waals surface area contributed by atoms with Gasteiger partial charge >= 0.3 is 0 Å². The number of ether oxygens (including phenoxy) is 1. The van der Waals surface area contributed by atoms with Crippen molar-refractivity contribution in [2.24, 2.45) is 10.7 Å². The van der Waals surface area contributed by atoms with E-state index in [-0.39, 0.29) is 23.6 Å². The third kappa shape index (κ3) is 4.31. The first-order chi connectivity index (χ1) is 12.6. The summed E-state index contributed by atoms with van der Waals surface area (Å²) in [6.07, 6.45) is 0.0538. The van der Waals surface area contributed by atoms with Gasteiger partial charge in [0.05, 0.1) is 11.4 Å². The quantitative estimate of drug-likeness (QED) is 0.388. The number of nitrogens with zero attached hydrogens (tertiary/aromatic N) is 2. The van der Waals surface area contributed by atoms with E-state index in [0.29, 0.717) is 16.6 Å². The lowest BCUT2D eigenvalue weighted by molar-refractivity contribution is 0.537. The van der Waals surface area contributed by atoms with Gasteiger partial charge in [-0.2, -0.15) is 5.10 Å². The molecule has 0 atom stereocenters. The van der Waals surface area contributed by atoms with Crippen LogP contribution in [0.5, 0.6) is 5.75 Å². The van der Waals surface area contributed by atoms with E-state index in [1.807, 2.05) is 25.1 Å². The highest BCUT2D eigenvalue weighted by atomic mass is 35.5. The van der Waals surface area contributed by atoms with Crippen LogP contribution in [0.25, 0.3) is 10.9 Å². The molecule has 0 unspecified atom stereocenters. The Morgan fingerprint density at radius 1 is 1.33 bits per heavy atom. The number of fused-ring (bicyclic) bond motifs is 1. The lowest BCUT2D eigenvalue weighted by Crippen LogP contribution is -2.20. The Hall–Kier alpha value is -2.80. The molecule has 0 aliphatic carbocycles. The number of halogens is 1. The van der Waals surface area contributed by atoms with Crippen LogP contribution in [0.2, 0.25) is 5.02 Å². The number of amidine groups is 1. The van der Waals surface area contributed by atoms with Gasteiger partial charge in [-0.1, -0.05) is 32.4 Å². The van der Waals surface area contributed by atoms with Gasteiger partial charge in [0.15, 0.2) is 11.7 Å². The zero-order valence-electron chi connectivity index (χ0n) is 15.8. The monoisotopic (exact) mass is 386 g/mol. The summed E-state index contributed by atoms with van der Waals surface area (Å²) in [6.45, 7) is 8.19. The summed E-state index contributed by atoms with van der Waals surface area (Å²) in [7, 11) is 0. The van der Waals surface area contributed by atoms with E-state index in [1.165, 1.54) is 0 Å². The standard InChI is InChI=1S/C19H23ClN6O/c1-10-7-11-12(23-10)5-6-13(18(11)20)27-16(22)9-15(21)24-17-8-14(25-26-17)19(2,3)4/h5-8,22-23H,9H2,1-4H3,(H3,21,24,25,26). The van der Waals surface area contributed by atoms with Crippen LogP contribution in [0.15, 0.2) is 29.3 Å². The number of nitrogens with two attached hydrogens (primary N) is 1. The second-order valence-corrected chi connectivity index (χ2v) is 7.86. The fourth-order valence-corrected chi connectivity index (χ4v) is 2.90. The summed E-state index contributed by atoms with van der Waals surface area (Å²) < 4.78 is 5.58. The average Bonchev–Trinajstić information content (AvgIpc) is 3.16. The first-order valence-electron chi connectivity index (χ1n) is 8.55. The summed E-state index contributed by atoms with van der Waals surface area (Å²) in [5, 5.41) is 16.5. The van der Waals surface area contributed by atoms with Crippen LogP contribution in [-0.2, 0) is 5.41 Å². The van der Waals surface area contributed by atoms with Gasteiger partial charge in [0.1, 0.15) is 11.6 Å². The molecule has 0 fully saturated rings. The minimum Gasteiger partial charge on any atom is -0.442 e. The van der Waals surface area contributed by atoms with Crippen molar-refractivity contribution in [3.8, 4) is 5.75 Å². The highest BCUT2D eigenvalue weighted by Crippen LogP contribution is 2.33. The van der Waals surface area contributed by atoms with Crippen LogP contribution in [0, 0.1) is 12.3 Å². The van der Waals surface area contributed by atoms with Crippen LogP contribution in [0.4, 0.5) is 5.82 Å². The van der Waals surface area contributed by atoms with E-state index in [2.05, 4.69) is 40.9 Å². The van der Waals surface area contributed by atoms with Gasteiger partial charge in [0.25, 0.3) is 0 Å². The Morgan fingerprint density at radius 2 is 2.07 bits per heavy atom. The maximum Gasteiger partial charge on any atom is 0.195 e. The zero-order valence-corrected chi connectivity index (χ0v) is 16.5. The smallest absolute Gasteiger partial charge is 0.195 e. The van der Waals surface area contributed by atoms with Crippen LogP contribution in [0.1, 0.15) is 38.6 Å². The summed E-state index contributed by atoms with van der Waals surface area (Å²) >= 11 is 6.39. The number of aliphatic imine (C=N–C) groups is 1. The second kappa shape index (κ2) is 7.08. The Kier molecular flexibility index (Phi) is 4.97. The Bertz CT molecular complexity index is 1020. The third-order valence-corrected chi connectivity index (χ3v) is 4.43. The fraction of sp³-hybridized carbons (Fsp3) is 0.316.